The predicted molar refractivity (Wildman–Crippen MR) is 54.5 cm³/mol. The smallest absolute Gasteiger partial charge is 0.0211 e. The van der Waals surface area contributed by atoms with Gasteiger partial charge in [-0.1, -0.05) is 13.8 Å². The van der Waals surface area contributed by atoms with Gasteiger partial charge in [0.2, 0.25) is 0 Å². The van der Waals surface area contributed by atoms with E-state index in [-0.39, 0.29) is 0 Å². The lowest BCUT2D eigenvalue weighted by atomic mass is 9.92. The standard InChI is InChI=1S/C12H18/c1-5-9-12(8-4)10-11(6-2)7-3/h2,11-12H,7-8,10H2,1,3-4H3. The zero-order valence-corrected chi connectivity index (χ0v) is 8.35. The lowest BCUT2D eigenvalue weighted by Gasteiger charge is -2.11. The van der Waals surface area contributed by atoms with Gasteiger partial charge in [0.1, 0.15) is 0 Å². The topological polar surface area (TPSA) is 0 Å². The quantitative estimate of drug-likeness (QED) is 0.557. The van der Waals surface area contributed by atoms with Gasteiger partial charge < -0.3 is 0 Å². The Hall–Kier alpha value is -0.880. The number of hydrogen-bond acceptors (Lipinski definition) is 0. The molecule has 0 radical (unpaired) electrons. The molecule has 66 valence electrons. The summed E-state index contributed by atoms with van der Waals surface area (Å²) in [5.41, 5.74) is 0. The minimum absolute atomic E-state index is 0.413. The molecule has 0 heteroatoms. The second kappa shape index (κ2) is 6.81. The molecule has 0 spiro atoms. The largest absolute Gasteiger partial charge is 0.120 e. The van der Waals surface area contributed by atoms with Gasteiger partial charge in [0.05, 0.1) is 0 Å². The van der Waals surface area contributed by atoms with Gasteiger partial charge in [0.15, 0.2) is 0 Å². The highest BCUT2D eigenvalue weighted by atomic mass is 14.1. The fourth-order valence-corrected chi connectivity index (χ4v) is 1.23. The molecule has 0 saturated heterocycles. The fourth-order valence-electron chi connectivity index (χ4n) is 1.23. The average Bonchev–Trinajstić information content (AvgIpc) is 2.12. The molecule has 0 aliphatic rings. The second-order valence-corrected chi connectivity index (χ2v) is 3.01. The third-order valence-corrected chi connectivity index (χ3v) is 2.14. The molecule has 0 N–H and O–H groups in total. The maximum absolute atomic E-state index is 5.38. The van der Waals surface area contributed by atoms with E-state index in [0.29, 0.717) is 11.8 Å². The molecular formula is C12H18. The van der Waals surface area contributed by atoms with E-state index in [1.807, 2.05) is 6.92 Å². The van der Waals surface area contributed by atoms with Gasteiger partial charge in [-0.25, -0.2) is 0 Å². The van der Waals surface area contributed by atoms with Crippen LogP contribution in [-0.2, 0) is 0 Å². The highest BCUT2D eigenvalue weighted by Crippen LogP contribution is 2.16. The van der Waals surface area contributed by atoms with Crippen molar-refractivity contribution in [3.8, 4) is 24.2 Å². The minimum Gasteiger partial charge on any atom is -0.120 e. The van der Waals surface area contributed by atoms with Gasteiger partial charge in [0.25, 0.3) is 0 Å². The molecule has 2 atom stereocenters. The summed E-state index contributed by atoms with van der Waals surface area (Å²) in [6.45, 7) is 6.19. The lowest BCUT2D eigenvalue weighted by Crippen LogP contribution is -2.04. The van der Waals surface area contributed by atoms with Gasteiger partial charge in [-0.2, -0.15) is 0 Å². The van der Waals surface area contributed by atoms with Gasteiger partial charge in [-0.15, -0.1) is 24.2 Å². The Balaban J connectivity index is 3.98. The summed E-state index contributed by atoms with van der Waals surface area (Å²) in [6.07, 6.45) is 8.62. The van der Waals surface area contributed by atoms with Crippen molar-refractivity contribution in [1.82, 2.24) is 0 Å². The molecule has 12 heavy (non-hydrogen) atoms. The molecule has 0 aromatic rings. The van der Waals surface area contributed by atoms with E-state index in [4.69, 9.17) is 6.42 Å². The lowest BCUT2D eigenvalue weighted by molar-refractivity contribution is 0.485. The van der Waals surface area contributed by atoms with Crippen molar-refractivity contribution >= 4 is 0 Å². The third-order valence-electron chi connectivity index (χ3n) is 2.14. The number of hydrogen-bond donors (Lipinski definition) is 0. The van der Waals surface area contributed by atoms with E-state index in [2.05, 4.69) is 31.6 Å². The van der Waals surface area contributed by atoms with Gasteiger partial charge in [-0.05, 0) is 26.2 Å². The zero-order chi connectivity index (χ0) is 9.40. The third kappa shape index (κ3) is 4.09. The van der Waals surface area contributed by atoms with E-state index in [9.17, 15) is 0 Å². The number of terminal acetylenes is 1. The normalized spacial score (nSPS) is 13.8. The van der Waals surface area contributed by atoms with Crippen LogP contribution in [0, 0.1) is 36.0 Å². The van der Waals surface area contributed by atoms with E-state index in [0.717, 1.165) is 19.3 Å². The maximum Gasteiger partial charge on any atom is 0.0211 e. The van der Waals surface area contributed by atoms with Crippen molar-refractivity contribution in [1.29, 1.82) is 0 Å². The Morgan fingerprint density at radius 1 is 1.17 bits per heavy atom. The van der Waals surface area contributed by atoms with Crippen LogP contribution in [-0.4, -0.2) is 0 Å². The van der Waals surface area contributed by atoms with Crippen LogP contribution in [0.5, 0.6) is 0 Å². The van der Waals surface area contributed by atoms with Crippen LogP contribution in [0.15, 0.2) is 0 Å². The Morgan fingerprint density at radius 3 is 2.08 bits per heavy atom. The van der Waals surface area contributed by atoms with E-state index >= 15 is 0 Å². The highest BCUT2D eigenvalue weighted by molar-refractivity contribution is 5.03. The molecule has 0 nitrogen and oxygen atoms in total. The van der Waals surface area contributed by atoms with Crippen LogP contribution in [0.25, 0.3) is 0 Å². The molecule has 0 amide bonds. The Bertz CT molecular complexity index is 196. The summed E-state index contributed by atoms with van der Waals surface area (Å²) in [7, 11) is 0. The zero-order valence-electron chi connectivity index (χ0n) is 8.35. The van der Waals surface area contributed by atoms with Crippen LogP contribution in [0.4, 0.5) is 0 Å². The van der Waals surface area contributed by atoms with Crippen molar-refractivity contribution in [3.63, 3.8) is 0 Å². The minimum atomic E-state index is 0.413. The van der Waals surface area contributed by atoms with Crippen molar-refractivity contribution < 1.29 is 0 Å². The van der Waals surface area contributed by atoms with Gasteiger partial charge >= 0.3 is 0 Å². The second-order valence-electron chi connectivity index (χ2n) is 3.01. The van der Waals surface area contributed by atoms with E-state index in [1.54, 1.807) is 0 Å². The monoisotopic (exact) mass is 162 g/mol. The SMILES string of the molecule is C#CC(CC)CC(C#CC)CC. The van der Waals surface area contributed by atoms with E-state index in [1.165, 1.54) is 0 Å². The molecule has 0 aliphatic heterocycles. The molecule has 0 fully saturated rings. The Labute approximate surface area is 76.8 Å². The summed E-state index contributed by atoms with van der Waals surface area (Å²) < 4.78 is 0. The van der Waals surface area contributed by atoms with Crippen molar-refractivity contribution in [2.75, 3.05) is 0 Å². The van der Waals surface area contributed by atoms with Crippen LogP contribution < -0.4 is 0 Å². The molecule has 0 aromatic heterocycles. The molecular weight excluding hydrogens is 144 g/mol. The molecule has 0 aromatic carbocycles. The predicted octanol–water partition coefficient (Wildman–Crippen LogP) is 3.09. The molecule has 0 saturated carbocycles. The summed E-state index contributed by atoms with van der Waals surface area (Å²) in [6, 6.07) is 0. The first-order valence-corrected chi connectivity index (χ1v) is 4.66. The maximum atomic E-state index is 5.38. The molecule has 0 rings (SSSR count). The molecule has 2 unspecified atom stereocenters. The molecule has 0 heterocycles. The highest BCUT2D eigenvalue weighted by Gasteiger charge is 2.08. The first-order valence-electron chi connectivity index (χ1n) is 4.66. The summed E-state index contributed by atoms with van der Waals surface area (Å²) >= 11 is 0. The van der Waals surface area contributed by atoms with Gasteiger partial charge in [0, 0.05) is 11.8 Å². The van der Waals surface area contributed by atoms with Crippen molar-refractivity contribution in [2.45, 2.75) is 40.0 Å². The van der Waals surface area contributed by atoms with Crippen molar-refractivity contribution in [3.05, 3.63) is 0 Å². The van der Waals surface area contributed by atoms with Crippen LogP contribution in [0.1, 0.15) is 40.0 Å². The van der Waals surface area contributed by atoms with Crippen LogP contribution >= 0.6 is 0 Å². The van der Waals surface area contributed by atoms with Crippen LogP contribution in [0.3, 0.4) is 0 Å². The van der Waals surface area contributed by atoms with Crippen LogP contribution in [0.2, 0.25) is 0 Å². The summed E-state index contributed by atoms with van der Waals surface area (Å²) in [5, 5.41) is 0. The Morgan fingerprint density at radius 2 is 1.75 bits per heavy atom. The summed E-state index contributed by atoms with van der Waals surface area (Å²) in [5.74, 6) is 9.86. The van der Waals surface area contributed by atoms with E-state index < -0.39 is 0 Å². The van der Waals surface area contributed by atoms with Crippen molar-refractivity contribution in [2.24, 2.45) is 11.8 Å². The Kier molecular flexibility index (Phi) is 6.31. The average molecular weight is 162 g/mol. The molecule has 0 aliphatic carbocycles. The first kappa shape index (κ1) is 11.1. The number of rotatable bonds is 4. The molecule has 0 bridgehead atoms. The fraction of sp³-hybridized carbons (Fsp3) is 0.667. The summed E-state index contributed by atoms with van der Waals surface area (Å²) in [4.78, 5) is 0. The first-order chi connectivity index (χ1) is 5.78. The van der Waals surface area contributed by atoms with Gasteiger partial charge in [-0.3, -0.25) is 0 Å².